The van der Waals surface area contributed by atoms with Gasteiger partial charge in [-0.2, -0.15) is 0 Å². The molecular weight excluding hydrogens is 330 g/mol. The summed E-state index contributed by atoms with van der Waals surface area (Å²) in [6.45, 7) is 7.55. The monoisotopic (exact) mass is 353 g/mol. The quantitative estimate of drug-likeness (QED) is 0.717. The largest absolute Gasteiger partial charge is 0.297 e. The van der Waals surface area contributed by atoms with Crippen molar-refractivity contribution in [3.63, 3.8) is 0 Å². The normalized spacial score (nSPS) is 21.7. The van der Waals surface area contributed by atoms with Crippen LogP contribution in [0.3, 0.4) is 0 Å². The van der Waals surface area contributed by atoms with Gasteiger partial charge in [-0.3, -0.25) is 14.1 Å². The van der Waals surface area contributed by atoms with Gasteiger partial charge in [-0.1, -0.05) is 44.2 Å². The maximum absolute atomic E-state index is 12.7. The summed E-state index contributed by atoms with van der Waals surface area (Å²) in [4.78, 5) is 20.7. The van der Waals surface area contributed by atoms with Crippen molar-refractivity contribution >= 4 is 16.3 Å². The molecule has 2 aromatic heterocycles. The van der Waals surface area contributed by atoms with Crippen molar-refractivity contribution in [1.82, 2.24) is 14.3 Å². The highest BCUT2D eigenvalue weighted by Gasteiger charge is 2.22. The zero-order valence-corrected chi connectivity index (χ0v) is 15.5. The van der Waals surface area contributed by atoms with Crippen LogP contribution < -0.4 is 5.56 Å². The fourth-order valence-corrected chi connectivity index (χ4v) is 4.93. The summed E-state index contributed by atoms with van der Waals surface area (Å²) in [5.41, 5.74) is 2.86. The van der Waals surface area contributed by atoms with Crippen molar-refractivity contribution in [2.75, 3.05) is 13.1 Å². The van der Waals surface area contributed by atoms with E-state index in [1.54, 1.807) is 10.5 Å². The summed E-state index contributed by atoms with van der Waals surface area (Å²) in [6, 6.07) is 11.7. The lowest BCUT2D eigenvalue weighted by Gasteiger charge is -2.34. The molecule has 25 heavy (non-hydrogen) atoms. The van der Waals surface area contributed by atoms with Gasteiger partial charge in [0.15, 0.2) is 4.96 Å². The zero-order valence-electron chi connectivity index (χ0n) is 14.7. The molecule has 0 radical (unpaired) electrons. The van der Waals surface area contributed by atoms with Gasteiger partial charge in [0.1, 0.15) is 0 Å². The Bertz CT molecular complexity index is 921. The maximum atomic E-state index is 12.7. The molecule has 4 nitrogen and oxygen atoms in total. The van der Waals surface area contributed by atoms with Crippen LogP contribution in [-0.4, -0.2) is 27.4 Å². The van der Waals surface area contributed by atoms with Crippen molar-refractivity contribution in [3.8, 4) is 11.3 Å². The number of benzene rings is 1. The van der Waals surface area contributed by atoms with Crippen molar-refractivity contribution < 1.29 is 0 Å². The highest BCUT2D eigenvalue weighted by atomic mass is 32.1. The summed E-state index contributed by atoms with van der Waals surface area (Å²) in [5, 5.41) is 2.02. The molecule has 3 heterocycles. The van der Waals surface area contributed by atoms with Gasteiger partial charge in [-0.15, -0.1) is 11.3 Å². The molecule has 2 atom stereocenters. The van der Waals surface area contributed by atoms with Gasteiger partial charge < -0.3 is 0 Å². The molecule has 3 aromatic rings. The maximum Gasteiger partial charge on any atom is 0.259 e. The number of likely N-dealkylation sites (tertiary alicyclic amines) is 1. The van der Waals surface area contributed by atoms with Crippen LogP contribution in [0.5, 0.6) is 0 Å². The molecule has 4 rings (SSSR count). The lowest BCUT2D eigenvalue weighted by Crippen LogP contribution is -2.38. The van der Waals surface area contributed by atoms with E-state index >= 15 is 0 Å². The molecule has 0 N–H and O–H groups in total. The SMILES string of the molecule is C[C@H]1C[C@H](C)CN(Cc2cc(=O)n3c(-c4ccccc4)csc3n2)C1. The van der Waals surface area contributed by atoms with Gasteiger partial charge >= 0.3 is 0 Å². The summed E-state index contributed by atoms with van der Waals surface area (Å²) < 4.78 is 1.73. The predicted molar refractivity (Wildman–Crippen MR) is 103 cm³/mol. The van der Waals surface area contributed by atoms with Crippen molar-refractivity contribution in [2.45, 2.75) is 26.8 Å². The number of fused-ring (bicyclic) bond motifs is 1. The Labute approximate surface area is 151 Å². The fourth-order valence-electron chi connectivity index (χ4n) is 4.01. The zero-order chi connectivity index (χ0) is 17.4. The number of nitrogens with zero attached hydrogens (tertiary/aromatic N) is 3. The molecule has 1 fully saturated rings. The van der Waals surface area contributed by atoms with E-state index in [2.05, 4.69) is 18.7 Å². The first-order chi connectivity index (χ1) is 12.1. The summed E-state index contributed by atoms with van der Waals surface area (Å²) in [6.07, 6.45) is 1.29. The number of hydrogen-bond acceptors (Lipinski definition) is 4. The molecule has 0 spiro atoms. The molecular formula is C20H23N3OS. The Kier molecular flexibility index (Phi) is 4.44. The molecule has 1 aliphatic heterocycles. The van der Waals surface area contributed by atoms with E-state index in [-0.39, 0.29) is 5.56 Å². The Morgan fingerprint density at radius 1 is 1.16 bits per heavy atom. The number of hydrogen-bond donors (Lipinski definition) is 0. The first-order valence-electron chi connectivity index (χ1n) is 8.88. The smallest absolute Gasteiger partial charge is 0.259 e. The van der Waals surface area contributed by atoms with Gasteiger partial charge in [0, 0.05) is 31.1 Å². The number of aromatic nitrogens is 2. The number of rotatable bonds is 3. The van der Waals surface area contributed by atoms with Gasteiger partial charge in [0.2, 0.25) is 0 Å². The van der Waals surface area contributed by atoms with Gasteiger partial charge in [-0.25, -0.2) is 4.98 Å². The van der Waals surface area contributed by atoms with E-state index in [9.17, 15) is 4.79 Å². The molecule has 0 amide bonds. The second-order valence-corrected chi connectivity index (χ2v) is 8.17. The van der Waals surface area contributed by atoms with Gasteiger partial charge in [-0.05, 0) is 23.8 Å². The molecule has 0 unspecified atom stereocenters. The first kappa shape index (κ1) is 16.5. The number of thiazole rings is 1. The third kappa shape index (κ3) is 3.39. The molecule has 1 aromatic carbocycles. The molecule has 0 bridgehead atoms. The van der Waals surface area contributed by atoms with E-state index < -0.39 is 0 Å². The van der Waals surface area contributed by atoms with Crippen molar-refractivity contribution in [1.29, 1.82) is 0 Å². The average molecular weight is 353 g/mol. The lowest BCUT2D eigenvalue weighted by molar-refractivity contribution is 0.133. The molecule has 1 aliphatic rings. The minimum Gasteiger partial charge on any atom is -0.297 e. The van der Waals surface area contributed by atoms with E-state index in [4.69, 9.17) is 4.98 Å². The van der Waals surface area contributed by atoms with Gasteiger partial charge in [0.25, 0.3) is 5.56 Å². The van der Waals surface area contributed by atoms with Crippen molar-refractivity contribution in [3.05, 3.63) is 57.8 Å². The van der Waals surface area contributed by atoms with E-state index in [1.807, 2.05) is 35.7 Å². The second-order valence-electron chi connectivity index (χ2n) is 7.33. The van der Waals surface area contributed by atoms with Crippen LogP contribution in [0.4, 0.5) is 0 Å². The lowest BCUT2D eigenvalue weighted by atomic mass is 9.92. The molecule has 130 valence electrons. The fraction of sp³-hybridized carbons (Fsp3) is 0.400. The van der Waals surface area contributed by atoms with E-state index in [0.29, 0.717) is 11.8 Å². The van der Waals surface area contributed by atoms with Crippen LogP contribution in [0.15, 0.2) is 46.6 Å². The average Bonchev–Trinajstić information content (AvgIpc) is 2.99. The highest BCUT2D eigenvalue weighted by molar-refractivity contribution is 7.15. The first-order valence-corrected chi connectivity index (χ1v) is 9.76. The molecule has 5 heteroatoms. The van der Waals surface area contributed by atoms with Crippen LogP contribution in [0, 0.1) is 11.8 Å². The standard InChI is InChI=1S/C20H23N3OS/c1-14-8-15(2)11-22(10-14)12-17-9-19(24)23-18(13-25-20(23)21-17)16-6-4-3-5-7-16/h3-7,9,13-15H,8,10-12H2,1-2H3/t14-,15-/m0/s1. The Hall–Kier alpha value is -1.98. The van der Waals surface area contributed by atoms with E-state index in [1.165, 1.54) is 17.8 Å². The Balaban J connectivity index is 1.66. The van der Waals surface area contributed by atoms with E-state index in [0.717, 1.165) is 41.5 Å². The molecule has 0 aliphatic carbocycles. The summed E-state index contributed by atoms with van der Waals surface area (Å²) >= 11 is 1.53. The summed E-state index contributed by atoms with van der Waals surface area (Å²) in [5.74, 6) is 1.42. The minimum absolute atomic E-state index is 0.0122. The predicted octanol–water partition coefficient (Wildman–Crippen LogP) is 3.90. The van der Waals surface area contributed by atoms with Crippen LogP contribution in [-0.2, 0) is 6.54 Å². The Morgan fingerprint density at radius 3 is 2.60 bits per heavy atom. The van der Waals surface area contributed by atoms with Crippen LogP contribution in [0.25, 0.3) is 16.2 Å². The molecule has 0 saturated carbocycles. The third-order valence-electron chi connectivity index (χ3n) is 4.86. The second kappa shape index (κ2) is 6.73. The van der Waals surface area contributed by atoms with Gasteiger partial charge in [0.05, 0.1) is 11.4 Å². The number of piperidine rings is 1. The van der Waals surface area contributed by atoms with Crippen molar-refractivity contribution in [2.24, 2.45) is 11.8 Å². The minimum atomic E-state index is 0.0122. The molecule has 1 saturated heterocycles. The van der Waals surface area contributed by atoms with Crippen LogP contribution in [0.1, 0.15) is 26.0 Å². The van der Waals surface area contributed by atoms with Crippen LogP contribution in [0.2, 0.25) is 0 Å². The Morgan fingerprint density at radius 2 is 1.88 bits per heavy atom. The highest BCUT2D eigenvalue weighted by Crippen LogP contribution is 2.25. The third-order valence-corrected chi connectivity index (χ3v) is 5.68. The topological polar surface area (TPSA) is 37.6 Å². The van der Waals surface area contributed by atoms with Crippen LogP contribution >= 0.6 is 11.3 Å². The summed E-state index contributed by atoms with van der Waals surface area (Å²) in [7, 11) is 0.